The third-order valence-corrected chi connectivity index (χ3v) is 5.23. The van der Waals surface area contributed by atoms with Gasteiger partial charge < -0.3 is 9.47 Å². The lowest BCUT2D eigenvalue weighted by Crippen LogP contribution is -2.17. The first kappa shape index (κ1) is 19.2. The third kappa shape index (κ3) is 4.78. The van der Waals surface area contributed by atoms with Crippen molar-refractivity contribution in [2.45, 2.75) is 6.42 Å². The maximum absolute atomic E-state index is 12.2. The first-order chi connectivity index (χ1) is 13.0. The van der Waals surface area contributed by atoms with E-state index in [4.69, 9.17) is 9.47 Å². The Hall–Kier alpha value is -2.58. The number of rotatable bonds is 5. The average Bonchev–Trinajstić information content (AvgIpc) is 2.95. The number of carbonyl (C=O) groups is 3. The van der Waals surface area contributed by atoms with Gasteiger partial charge in [0, 0.05) is 4.47 Å². The van der Waals surface area contributed by atoms with Crippen LogP contribution in [0.5, 0.6) is 11.5 Å². The molecule has 6 nitrogen and oxygen atoms in total. The van der Waals surface area contributed by atoms with Crippen LogP contribution in [-0.2, 0) is 16.0 Å². The quantitative estimate of drug-likeness (QED) is 0.424. The Morgan fingerprint density at radius 1 is 1.19 bits per heavy atom. The second kappa shape index (κ2) is 8.41. The molecular weight excluding hydrogens is 434 g/mol. The summed E-state index contributed by atoms with van der Waals surface area (Å²) in [5, 5.41) is 1.79. The van der Waals surface area contributed by atoms with E-state index in [1.54, 1.807) is 24.3 Å². The van der Waals surface area contributed by atoms with Crippen molar-refractivity contribution in [3.8, 4) is 11.5 Å². The highest BCUT2D eigenvalue weighted by Crippen LogP contribution is 2.32. The number of benzene rings is 2. The van der Waals surface area contributed by atoms with Gasteiger partial charge >= 0.3 is 5.97 Å². The van der Waals surface area contributed by atoms with Gasteiger partial charge in [-0.05, 0) is 47.2 Å². The molecule has 1 aliphatic rings. The molecule has 0 spiro atoms. The molecule has 2 aromatic carbocycles. The van der Waals surface area contributed by atoms with Crippen LogP contribution in [0, 0.1) is 0 Å². The molecule has 0 saturated carbocycles. The monoisotopic (exact) mass is 447 g/mol. The van der Waals surface area contributed by atoms with E-state index >= 15 is 0 Å². The molecule has 0 unspecified atom stereocenters. The second-order valence-electron chi connectivity index (χ2n) is 5.50. The second-order valence-corrected chi connectivity index (χ2v) is 7.37. The summed E-state index contributed by atoms with van der Waals surface area (Å²) in [5.74, 6) is -0.244. The molecule has 0 aromatic heterocycles. The number of imide groups is 1. The van der Waals surface area contributed by atoms with Gasteiger partial charge in [-0.1, -0.05) is 40.2 Å². The summed E-state index contributed by atoms with van der Waals surface area (Å²) in [7, 11) is 1.46. The Bertz CT molecular complexity index is 957. The number of carbonyl (C=O) groups excluding carboxylic acids is 3. The smallest absolute Gasteiger partial charge is 0.315 e. The summed E-state index contributed by atoms with van der Waals surface area (Å²) >= 11 is 4.23. The number of hydrogen-bond donors (Lipinski definition) is 1. The largest absolute Gasteiger partial charge is 0.493 e. The molecule has 138 valence electrons. The summed E-state index contributed by atoms with van der Waals surface area (Å²) in [4.78, 5) is 35.4. The first-order valence-corrected chi connectivity index (χ1v) is 9.44. The predicted octanol–water partition coefficient (Wildman–Crippen LogP) is 3.93. The van der Waals surface area contributed by atoms with Crippen molar-refractivity contribution < 1.29 is 23.9 Å². The van der Waals surface area contributed by atoms with Crippen LogP contribution < -0.4 is 14.8 Å². The van der Waals surface area contributed by atoms with E-state index in [1.165, 1.54) is 7.11 Å². The first-order valence-electron chi connectivity index (χ1n) is 7.83. The molecule has 0 radical (unpaired) electrons. The van der Waals surface area contributed by atoms with Crippen molar-refractivity contribution in [1.29, 1.82) is 0 Å². The van der Waals surface area contributed by atoms with Gasteiger partial charge in [0.05, 0.1) is 18.4 Å². The molecule has 0 atom stereocenters. The zero-order chi connectivity index (χ0) is 19.4. The van der Waals surface area contributed by atoms with Crippen molar-refractivity contribution in [3.63, 3.8) is 0 Å². The van der Waals surface area contributed by atoms with Gasteiger partial charge in [-0.3, -0.25) is 19.7 Å². The summed E-state index contributed by atoms with van der Waals surface area (Å²) in [6, 6.07) is 12.3. The van der Waals surface area contributed by atoms with Crippen molar-refractivity contribution in [2.24, 2.45) is 0 Å². The SMILES string of the molecule is COc1cc(C=C2SC(=O)NC2=O)ccc1OC(=O)Cc1ccccc1Br. The zero-order valence-electron chi connectivity index (χ0n) is 14.2. The maximum atomic E-state index is 12.2. The number of halogens is 1. The Balaban J connectivity index is 1.76. The van der Waals surface area contributed by atoms with Gasteiger partial charge in [0.25, 0.3) is 11.1 Å². The van der Waals surface area contributed by atoms with Crippen LogP contribution in [0.25, 0.3) is 6.08 Å². The third-order valence-electron chi connectivity index (χ3n) is 3.64. The molecule has 27 heavy (non-hydrogen) atoms. The molecule has 0 aliphatic carbocycles. The molecule has 8 heteroatoms. The molecule has 1 aliphatic heterocycles. The van der Waals surface area contributed by atoms with Crippen molar-refractivity contribution >= 4 is 50.9 Å². The van der Waals surface area contributed by atoms with Crippen LogP contribution in [0.2, 0.25) is 0 Å². The standard InChI is InChI=1S/C19H14BrNO5S/c1-25-15-8-11(9-16-18(23)21-19(24)27-16)6-7-14(15)26-17(22)10-12-4-2-3-5-13(12)20/h2-9H,10H2,1H3,(H,21,23,24). The lowest BCUT2D eigenvalue weighted by atomic mass is 10.1. The highest BCUT2D eigenvalue weighted by molar-refractivity contribution is 9.10. The molecular formula is C19H14BrNO5S. The van der Waals surface area contributed by atoms with E-state index in [0.717, 1.165) is 21.8 Å². The number of nitrogens with one attached hydrogen (secondary N) is 1. The number of amides is 2. The number of thioether (sulfide) groups is 1. The summed E-state index contributed by atoms with van der Waals surface area (Å²) in [6.45, 7) is 0. The average molecular weight is 448 g/mol. The van der Waals surface area contributed by atoms with E-state index in [1.807, 2.05) is 24.3 Å². The minimum atomic E-state index is -0.437. The summed E-state index contributed by atoms with van der Waals surface area (Å²) < 4.78 is 11.5. The minimum absolute atomic E-state index is 0.106. The molecule has 1 N–H and O–H groups in total. The van der Waals surface area contributed by atoms with Gasteiger partial charge in [0.1, 0.15) is 0 Å². The Labute approximate surface area is 168 Å². The molecule has 1 heterocycles. The van der Waals surface area contributed by atoms with Gasteiger partial charge in [0.2, 0.25) is 0 Å². The number of methoxy groups -OCH3 is 1. The van der Waals surface area contributed by atoms with Crippen LogP contribution in [-0.4, -0.2) is 24.2 Å². The lowest BCUT2D eigenvalue weighted by Gasteiger charge is -2.10. The van der Waals surface area contributed by atoms with E-state index in [0.29, 0.717) is 16.2 Å². The zero-order valence-corrected chi connectivity index (χ0v) is 16.6. The van der Waals surface area contributed by atoms with Crippen LogP contribution in [0.4, 0.5) is 4.79 Å². The molecule has 2 amide bonds. The van der Waals surface area contributed by atoms with Gasteiger partial charge in [0.15, 0.2) is 11.5 Å². The lowest BCUT2D eigenvalue weighted by molar-refractivity contribution is -0.133. The van der Waals surface area contributed by atoms with Crippen LogP contribution in [0.1, 0.15) is 11.1 Å². The van der Waals surface area contributed by atoms with E-state index in [2.05, 4.69) is 21.2 Å². The van der Waals surface area contributed by atoms with Crippen molar-refractivity contribution in [2.75, 3.05) is 7.11 Å². The fourth-order valence-corrected chi connectivity index (χ4v) is 3.49. The van der Waals surface area contributed by atoms with Gasteiger partial charge in [-0.25, -0.2) is 0 Å². The Kier molecular flexibility index (Phi) is 5.98. The van der Waals surface area contributed by atoms with Gasteiger partial charge in [-0.15, -0.1) is 0 Å². The highest BCUT2D eigenvalue weighted by Gasteiger charge is 2.25. The van der Waals surface area contributed by atoms with Crippen LogP contribution >= 0.6 is 27.7 Å². The molecule has 1 fully saturated rings. The molecule has 0 bridgehead atoms. The van der Waals surface area contributed by atoms with Crippen molar-refractivity contribution in [1.82, 2.24) is 5.32 Å². The maximum Gasteiger partial charge on any atom is 0.315 e. The molecule has 3 rings (SSSR count). The van der Waals surface area contributed by atoms with E-state index < -0.39 is 17.1 Å². The molecule has 2 aromatic rings. The predicted molar refractivity (Wildman–Crippen MR) is 106 cm³/mol. The van der Waals surface area contributed by atoms with Gasteiger partial charge in [-0.2, -0.15) is 0 Å². The van der Waals surface area contributed by atoms with Crippen molar-refractivity contribution in [3.05, 3.63) is 63.0 Å². The molecule has 1 saturated heterocycles. The minimum Gasteiger partial charge on any atom is -0.493 e. The van der Waals surface area contributed by atoms with E-state index in [-0.39, 0.29) is 12.2 Å². The van der Waals surface area contributed by atoms with E-state index in [9.17, 15) is 14.4 Å². The summed E-state index contributed by atoms with van der Waals surface area (Å²) in [5.41, 5.74) is 1.46. The topological polar surface area (TPSA) is 81.7 Å². The van der Waals surface area contributed by atoms with Crippen LogP contribution in [0.15, 0.2) is 51.8 Å². The number of hydrogen-bond acceptors (Lipinski definition) is 6. The fraction of sp³-hybridized carbons (Fsp3) is 0.105. The summed E-state index contributed by atoms with van der Waals surface area (Å²) in [6.07, 6.45) is 1.68. The fourth-order valence-electron chi connectivity index (χ4n) is 2.39. The number of ether oxygens (including phenoxy) is 2. The number of esters is 1. The highest BCUT2D eigenvalue weighted by atomic mass is 79.9. The Morgan fingerprint density at radius 3 is 2.63 bits per heavy atom. The van der Waals surface area contributed by atoms with Crippen LogP contribution in [0.3, 0.4) is 0 Å². The normalized spacial score (nSPS) is 15.0. The Morgan fingerprint density at radius 2 is 1.96 bits per heavy atom.